The molecule has 0 aliphatic heterocycles. The molecule has 1 atom stereocenters. The number of benzene rings is 1. The van der Waals surface area contributed by atoms with Crippen molar-refractivity contribution in [3.05, 3.63) is 34.9 Å². The highest BCUT2D eigenvalue weighted by Gasteiger charge is 2.17. The molecule has 0 radical (unpaired) electrons. The van der Waals surface area contributed by atoms with E-state index in [1.807, 2.05) is 0 Å². The van der Waals surface area contributed by atoms with Crippen molar-refractivity contribution >= 4 is 0 Å². The van der Waals surface area contributed by atoms with Crippen LogP contribution in [-0.4, -0.2) is 7.05 Å². The molecule has 1 unspecified atom stereocenters. The number of fused-ring (bicyclic) bond motifs is 1. The molecule has 17 heavy (non-hydrogen) atoms. The predicted molar refractivity (Wildman–Crippen MR) is 74.4 cm³/mol. The Labute approximate surface area is 106 Å². The third-order valence-electron chi connectivity index (χ3n) is 3.94. The number of rotatable bonds is 4. The van der Waals surface area contributed by atoms with Gasteiger partial charge >= 0.3 is 0 Å². The van der Waals surface area contributed by atoms with E-state index in [9.17, 15) is 0 Å². The van der Waals surface area contributed by atoms with Crippen LogP contribution in [-0.2, 0) is 12.8 Å². The van der Waals surface area contributed by atoms with Gasteiger partial charge in [0.25, 0.3) is 0 Å². The minimum Gasteiger partial charge on any atom is -0.313 e. The molecular weight excluding hydrogens is 206 g/mol. The zero-order chi connectivity index (χ0) is 12.1. The van der Waals surface area contributed by atoms with E-state index in [4.69, 9.17) is 0 Å². The SMILES string of the molecule is CCCCc1ccc2c(c1)C(NC)CCCC2. The van der Waals surface area contributed by atoms with Crippen molar-refractivity contribution < 1.29 is 0 Å². The van der Waals surface area contributed by atoms with Crippen LogP contribution in [0.4, 0.5) is 0 Å². The summed E-state index contributed by atoms with van der Waals surface area (Å²) in [4.78, 5) is 0. The summed E-state index contributed by atoms with van der Waals surface area (Å²) < 4.78 is 0. The van der Waals surface area contributed by atoms with Gasteiger partial charge in [-0.15, -0.1) is 0 Å². The van der Waals surface area contributed by atoms with Gasteiger partial charge in [0, 0.05) is 6.04 Å². The largest absolute Gasteiger partial charge is 0.313 e. The van der Waals surface area contributed by atoms with Crippen LogP contribution < -0.4 is 5.32 Å². The van der Waals surface area contributed by atoms with Crippen molar-refractivity contribution in [1.29, 1.82) is 0 Å². The summed E-state index contributed by atoms with van der Waals surface area (Å²) in [6.07, 6.45) is 9.09. The molecule has 1 nitrogen and oxygen atoms in total. The maximum Gasteiger partial charge on any atom is 0.0320 e. The first-order chi connectivity index (χ1) is 8.35. The number of unbranched alkanes of at least 4 members (excludes halogenated alkanes) is 1. The Balaban J connectivity index is 2.23. The summed E-state index contributed by atoms with van der Waals surface area (Å²) in [5.74, 6) is 0. The molecule has 1 aromatic rings. The standard InChI is InChI=1S/C16H25N/c1-3-4-7-13-10-11-14-8-5-6-9-16(17-2)15(14)12-13/h10-12,16-17H,3-9H2,1-2H3. The minimum atomic E-state index is 0.578. The Morgan fingerprint density at radius 1 is 1.29 bits per heavy atom. The van der Waals surface area contributed by atoms with E-state index in [1.165, 1.54) is 50.5 Å². The number of hydrogen-bond acceptors (Lipinski definition) is 1. The summed E-state index contributed by atoms with van der Waals surface area (Å²) in [5, 5.41) is 3.48. The van der Waals surface area contributed by atoms with Crippen molar-refractivity contribution in [2.24, 2.45) is 0 Å². The first kappa shape index (κ1) is 12.6. The molecular formula is C16H25N. The monoisotopic (exact) mass is 231 g/mol. The van der Waals surface area contributed by atoms with Gasteiger partial charge in [-0.1, -0.05) is 38.0 Å². The van der Waals surface area contributed by atoms with Crippen LogP contribution in [0.2, 0.25) is 0 Å². The fourth-order valence-corrected chi connectivity index (χ4v) is 2.85. The molecule has 1 N–H and O–H groups in total. The number of aryl methyl sites for hydroxylation is 2. The van der Waals surface area contributed by atoms with Crippen LogP contribution in [0.25, 0.3) is 0 Å². The summed E-state index contributed by atoms with van der Waals surface area (Å²) in [6.45, 7) is 2.26. The highest BCUT2D eigenvalue weighted by Crippen LogP contribution is 2.29. The van der Waals surface area contributed by atoms with E-state index in [-0.39, 0.29) is 0 Å². The second kappa shape index (κ2) is 6.20. The molecule has 0 saturated heterocycles. The van der Waals surface area contributed by atoms with Gasteiger partial charge in [-0.25, -0.2) is 0 Å². The minimum absolute atomic E-state index is 0.578. The van der Waals surface area contributed by atoms with Crippen LogP contribution in [0.5, 0.6) is 0 Å². The zero-order valence-corrected chi connectivity index (χ0v) is 11.3. The molecule has 0 aromatic heterocycles. The summed E-state index contributed by atoms with van der Waals surface area (Å²) >= 11 is 0. The van der Waals surface area contributed by atoms with E-state index >= 15 is 0 Å². The van der Waals surface area contributed by atoms with Gasteiger partial charge in [0.2, 0.25) is 0 Å². The quantitative estimate of drug-likeness (QED) is 0.772. The van der Waals surface area contributed by atoms with E-state index in [0.717, 1.165) is 0 Å². The highest BCUT2D eigenvalue weighted by atomic mass is 14.9. The maximum atomic E-state index is 3.48. The van der Waals surface area contributed by atoms with Crippen LogP contribution in [0.15, 0.2) is 18.2 Å². The maximum absolute atomic E-state index is 3.48. The average molecular weight is 231 g/mol. The number of nitrogens with one attached hydrogen (secondary N) is 1. The molecule has 2 rings (SSSR count). The molecule has 0 saturated carbocycles. The second-order valence-corrected chi connectivity index (χ2v) is 5.22. The third kappa shape index (κ3) is 3.10. The van der Waals surface area contributed by atoms with Crippen molar-refractivity contribution in [1.82, 2.24) is 5.32 Å². The molecule has 1 aromatic carbocycles. The van der Waals surface area contributed by atoms with E-state index < -0.39 is 0 Å². The Bertz CT molecular complexity index is 357. The first-order valence-corrected chi connectivity index (χ1v) is 7.14. The summed E-state index contributed by atoms with van der Waals surface area (Å²) in [7, 11) is 2.10. The topological polar surface area (TPSA) is 12.0 Å². The lowest BCUT2D eigenvalue weighted by Crippen LogP contribution is -2.16. The van der Waals surface area contributed by atoms with Gasteiger partial charge in [0.15, 0.2) is 0 Å². The van der Waals surface area contributed by atoms with Gasteiger partial charge in [-0.3, -0.25) is 0 Å². The molecule has 0 bridgehead atoms. The molecule has 1 aliphatic carbocycles. The second-order valence-electron chi connectivity index (χ2n) is 5.22. The Morgan fingerprint density at radius 2 is 2.18 bits per heavy atom. The number of hydrogen-bond donors (Lipinski definition) is 1. The summed E-state index contributed by atoms with van der Waals surface area (Å²) in [5.41, 5.74) is 4.66. The Hall–Kier alpha value is -0.820. The van der Waals surface area contributed by atoms with Crippen LogP contribution in [0, 0.1) is 0 Å². The van der Waals surface area contributed by atoms with Crippen molar-refractivity contribution in [2.45, 2.75) is 57.9 Å². The molecule has 0 fully saturated rings. The average Bonchev–Trinajstić information content (AvgIpc) is 2.57. The van der Waals surface area contributed by atoms with Gasteiger partial charge in [-0.2, -0.15) is 0 Å². The molecule has 94 valence electrons. The van der Waals surface area contributed by atoms with E-state index in [0.29, 0.717) is 6.04 Å². The normalized spacial score (nSPS) is 19.8. The zero-order valence-electron chi connectivity index (χ0n) is 11.3. The fourth-order valence-electron chi connectivity index (χ4n) is 2.85. The van der Waals surface area contributed by atoms with Gasteiger partial charge in [0.05, 0.1) is 0 Å². The molecule has 1 heteroatoms. The van der Waals surface area contributed by atoms with Crippen LogP contribution in [0.3, 0.4) is 0 Å². The van der Waals surface area contributed by atoms with Crippen molar-refractivity contribution in [3.63, 3.8) is 0 Å². The van der Waals surface area contributed by atoms with Gasteiger partial charge in [0.1, 0.15) is 0 Å². The van der Waals surface area contributed by atoms with E-state index in [1.54, 1.807) is 11.1 Å². The van der Waals surface area contributed by atoms with E-state index in [2.05, 4.69) is 37.5 Å². The lowest BCUT2D eigenvalue weighted by molar-refractivity contribution is 0.533. The lowest BCUT2D eigenvalue weighted by atomic mass is 9.95. The third-order valence-corrected chi connectivity index (χ3v) is 3.94. The Kier molecular flexibility index (Phi) is 4.61. The first-order valence-electron chi connectivity index (χ1n) is 7.14. The van der Waals surface area contributed by atoms with Crippen molar-refractivity contribution in [2.75, 3.05) is 7.05 Å². The van der Waals surface area contributed by atoms with Gasteiger partial charge in [-0.05, 0) is 55.8 Å². The molecule has 0 spiro atoms. The predicted octanol–water partition coefficient (Wildman–Crippen LogP) is 4.02. The van der Waals surface area contributed by atoms with Crippen molar-refractivity contribution in [3.8, 4) is 0 Å². The highest BCUT2D eigenvalue weighted by molar-refractivity contribution is 5.35. The van der Waals surface area contributed by atoms with Gasteiger partial charge < -0.3 is 5.32 Å². The fraction of sp³-hybridized carbons (Fsp3) is 0.625. The summed E-state index contributed by atoms with van der Waals surface area (Å²) in [6, 6.07) is 7.74. The van der Waals surface area contributed by atoms with Crippen LogP contribution >= 0.6 is 0 Å². The Morgan fingerprint density at radius 3 is 2.94 bits per heavy atom. The molecule has 0 heterocycles. The smallest absolute Gasteiger partial charge is 0.0320 e. The lowest BCUT2D eigenvalue weighted by Gasteiger charge is -2.18. The molecule has 1 aliphatic rings. The molecule has 0 amide bonds. The van der Waals surface area contributed by atoms with Crippen LogP contribution in [0.1, 0.15) is 61.8 Å².